The van der Waals surface area contributed by atoms with Crippen molar-refractivity contribution in [1.82, 2.24) is 9.97 Å². The van der Waals surface area contributed by atoms with Gasteiger partial charge in [-0.1, -0.05) is 92.8 Å². The molecule has 13 nitrogen and oxygen atoms in total. The number of hydrogen-bond donors (Lipinski definition) is 0. The van der Waals surface area contributed by atoms with Crippen LogP contribution in [0.3, 0.4) is 0 Å². The largest absolute Gasteiger partial charge is 0.489 e. The summed E-state index contributed by atoms with van der Waals surface area (Å²) in [6, 6.07) is 11.1. The normalized spacial score (nSPS) is 12.0. The number of aromatic nitrogens is 2. The van der Waals surface area contributed by atoms with Crippen molar-refractivity contribution in [3.8, 4) is 23.3 Å². The fourth-order valence-corrected chi connectivity index (χ4v) is 7.11. The molecule has 0 spiro atoms. The molecule has 2 aromatic heterocycles. The van der Waals surface area contributed by atoms with Crippen LogP contribution in [0.2, 0.25) is 20.1 Å². The highest BCUT2D eigenvalue weighted by molar-refractivity contribution is 9.10. The molecule has 4 rings (SSSR count). The molecule has 0 saturated carbocycles. The van der Waals surface area contributed by atoms with Crippen LogP contribution >= 0.6 is 125 Å². The van der Waals surface area contributed by atoms with Gasteiger partial charge in [0.2, 0.25) is 0 Å². The maximum Gasteiger partial charge on any atom is 0.331 e. The van der Waals surface area contributed by atoms with Gasteiger partial charge in [-0.15, -0.1) is 0 Å². The molecule has 0 aliphatic rings. The minimum absolute atomic E-state index is 0.000837. The Bertz CT molecular complexity index is 1970. The van der Waals surface area contributed by atoms with Gasteiger partial charge in [0.1, 0.15) is 55.1 Å². The summed E-state index contributed by atoms with van der Waals surface area (Å²) >= 11 is 55.8. The van der Waals surface area contributed by atoms with Gasteiger partial charge in [-0.05, 0) is 80.4 Å². The first-order chi connectivity index (χ1) is 27.0. The second-order valence-electron chi connectivity index (χ2n) is 11.0. The predicted molar refractivity (Wildman–Crippen MR) is 227 cm³/mol. The number of pyridine rings is 2. The first-order valence-electron chi connectivity index (χ1n) is 15.8. The lowest BCUT2D eigenvalue weighted by atomic mass is 10.1. The standard InChI is InChI=1S/C34H24Br2Cl8N4O9/c35-27-3-1-23(47(49)50)33(45-27)56-25(31-19(37)13-17(14-20(31)38)54-11-7-29(41)42)5-9-53-10-6-26(57-34-24(48(51)52)2-4-28(36)46-34)32-21(39)15-18(16-22(32)40)55-12-8-30(43)44/h1-4,7-8,13-16,25-26H,5-6,9-12H2. The highest BCUT2D eigenvalue weighted by Crippen LogP contribution is 2.42. The van der Waals surface area contributed by atoms with Crippen LogP contribution in [0.1, 0.15) is 36.2 Å². The summed E-state index contributed by atoms with van der Waals surface area (Å²) in [4.78, 5) is 30.7. The Morgan fingerprint density at radius 1 is 0.649 bits per heavy atom. The molecule has 304 valence electrons. The summed E-state index contributed by atoms with van der Waals surface area (Å²) in [7, 11) is 0. The summed E-state index contributed by atoms with van der Waals surface area (Å²) < 4.78 is 30.0. The molecule has 2 unspecified atom stereocenters. The Kier molecular flexibility index (Phi) is 18.8. The third-order valence-corrected chi connectivity index (χ3v) is 10.0. The Morgan fingerprint density at radius 2 is 1.00 bits per heavy atom. The minimum atomic E-state index is -1.04. The number of halogens is 10. The average Bonchev–Trinajstić information content (AvgIpc) is 3.10. The van der Waals surface area contributed by atoms with Crippen molar-refractivity contribution in [1.29, 1.82) is 0 Å². The van der Waals surface area contributed by atoms with Crippen molar-refractivity contribution >= 4 is 136 Å². The van der Waals surface area contributed by atoms with E-state index >= 15 is 0 Å². The molecule has 0 N–H and O–H groups in total. The van der Waals surface area contributed by atoms with Gasteiger partial charge in [0.15, 0.2) is 0 Å². The molecule has 2 aromatic carbocycles. The number of nitro groups is 2. The van der Waals surface area contributed by atoms with Crippen molar-refractivity contribution < 1.29 is 33.5 Å². The van der Waals surface area contributed by atoms with E-state index in [0.717, 1.165) is 0 Å². The SMILES string of the molecule is O=[N+]([O-])c1ccc(Br)nc1OC(CCOCCC(Oc1nc(Br)ccc1[N+](=O)[O-])c1c(Cl)cc(OCC=C(Cl)Cl)cc1Cl)c1c(Cl)cc(OCC=C(Cl)Cl)cc1Cl. The van der Waals surface area contributed by atoms with Gasteiger partial charge in [-0.2, -0.15) is 0 Å². The molecular weight excluding hydrogens is 1050 g/mol. The van der Waals surface area contributed by atoms with Gasteiger partial charge in [0.05, 0.1) is 43.2 Å². The summed E-state index contributed by atoms with van der Waals surface area (Å²) in [5, 5.41) is 24.2. The van der Waals surface area contributed by atoms with E-state index in [4.69, 9.17) is 116 Å². The fraction of sp³-hybridized carbons (Fsp3) is 0.235. The summed E-state index contributed by atoms with van der Waals surface area (Å²) in [5.74, 6) is -0.0749. The van der Waals surface area contributed by atoms with E-state index in [1.807, 2.05) is 0 Å². The van der Waals surface area contributed by atoms with E-state index in [0.29, 0.717) is 0 Å². The highest BCUT2D eigenvalue weighted by atomic mass is 79.9. The van der Waals surface area contributed by atoms with Crippen LogP contribution in [0.15, 0.2) is 78.9 Å². The molecule has 2 atom stereocenters. The van der Waals surface area contributed by atoms with E-state index < -0.39 is 33.4 Å². The van der Waals surface area contributed by atoms with Gasteiger partial charge < -0.3 is 23.7 Å². The fourth-order valence-electron chi connectivity index (χ4n) is 4.85. The maximum atomic E-state index is 11.9. The molecule has 0 bridgehead atoms. The number of hydrogen-bond acceptors (Lipinski definition) is 11. The molecule has 0 aliphatic carbocycles. The van der Waals surface area contributed by atoms with Gasteiger partial charge in [0, 0.05) is 36.1 Å². The van der Waals surface area contributed by atoms with Crippen LogP contribution < -0.4 is 18.9 Å². The third-order valence-electron chi connectivity index (χ3n) is 7.29. The lowest BCUT2D eigenvalue weighted by Gasteiger charge is -2.23. The van der Waals surface area contributed by atoms with Gasteiger partial charge in [-0.3, -0.25) is 20.2 Å². The Balaban J connectivity index is 1.61. The molecule has 0 saturated heterocycles. The van der Waals surface area contributed by atoms with E-state index in [1.54, 1.807) is 0 Å². The summed E-state index contributed by atoms with van der Waals surface area (Å²) in [5.41, 5.74) is -0.313. The van der Waals surface area contributed by atoms with Crippen LogP contribution in [0.25, 0.3) is 0 Å². The van der Waals surface area contributed by atoms with Gasteiger partial charge >= 0.3 is 11.4 Å². The van der Waals surface area contributed by atoms with Crippen LogP contribution in [0.5, 0.6) is 23.3 Å². The van der Waals surface area contributed by atoms with Gasteiger partial charge in [-0.25, -0.2) is 9.97 Å². The maximum absolute atomic E-state index is 11.9. The van der Waals surface area contributed by atoms with E-state index in [9.17, 15) is 20.2 Å². The summed E-state index contributed by atoms with van der Waals surface area (Å²) in [6.45, 7) is -0.0456. The second kappa shape index (κ2) is 22.7. The molecule has 0 aliphatic heterocycles. The second-order valence-corrected chi connectivity index (χ2v) is 16.3. The monoisotopic (exact) mass is 1070 g/mol. The van der Waals surface area contributed by atoms with Crippen molar-refractivity contribution in [3.05, 3.63) is 130 Å². The number of nitrogens with zero attached hydrogens (tertiary/aromatic N) is 4. The minimum Gasteiger partial charge on any atom is -0.489 e. The van der Waals surface area contributed by atoms with Crippen LogP contribution in [-0.2, 0) is 4.74 Å². The lowest BCUT2D eigenvalue weighted by Crippen LogP contribution is -2.16. The molecule has 0 amide bonds. The zero-order valence-corrected chi connectivity index (χ0v) is 37.6. The zero-order chi connectivity index (χ0) is 41.8. The molecule has 0 radical (unpaired) electrons. The highest BCUT2D eigenvalue weighted by Gasteiger charge is 2.29. The van der Waals surface area contributed by atoms with Crippen molar-refractivity contribution in [2.45, 2.75) is 25.0 Å². The first-order valence-corrected chi connectivity index (χ1v) is 20.4. The van der Waals surface area contributed by atoms with E-state index in [2.05, 4.69) is 41.8 Å². The van der Waals surface area contributed by atoms with E-state index in [-0.39, 0.29) is 112 Å². The molecule has 57 heavy (non-hydrogen) atoms. The van der Waals surface area contributed by atoms with Crippen molar-refractivity contribution in [3.63, 3.8) is 0 Å². The first kappa shape index (κ1) is 47.1. The van der Waals surface area contributed by atoms with Gasteiger partial charge in [0.25, 0.3) is 11.8 Å². The predicted octanol–water partition coefficient (Wildman–Crippen LogP) is 13.6. The molecular formula is C34H24Br2Cl8N4O9. The number of rotatable bonds is 20. The Labute approximate surface area is 381 Å². The molecule has 0 fully saturated rings. The number of benzene rings is 2. The third kappa shape index (κ3) is 14.3. The van der Waals surface area contributed by atoms with Crippen molar-refractivity contribution in [2.24, 2.45) is 0 Å². The van der Waals surface area contributed by atoms with Crippen molar-refractivity contribution in [2.75, 3.05) is 26.4 Å². The Hall–Kier alpha value is -2.54. The van der Waals surface area contributed by atoms with E-state index in [1.165, 1.54) is 60.7 Å². The quantitative estimate of drug-likeness (QED) is 0.0359. The average molecular weight is 1080 g/mol. The lowest BCUT2D eigenvalue weighted by molar-refractivity contribution is -0.386. The van der Waals surface area contributed by atoms with Crippen LogP contribution in [0, 0.1) is 20.2 Å². The zero-order valence-electron chi connectivity index (χ0n) is 28.4. The Morgan fingerprint density at radius 3 is 1.32 bits per heavy atom. The topological polar surface area (TPSA) is 158 Å². The molecule has 23 heteroatoms. The van der Waals surface area contributed by atoms with Crippen LogP contribution in [-0.4, -0.2) is 46.2 Å². The van der Waals surface area contributed by atoms with Crippen LogP contribution in [0.4, 0.5) is 11.4 Å². The summed E-state index contributed by atoms with van der Waals surface area (Å²) in [6.07, 6.45) is 0.810. The smallest absolute Gasteiger partial charge is 0.331 e. The molecule has 4 aromatic rings. The molecule has 2 heterocycles. The number of ether oxygens (including phenoxy) is 5.